The second-order valence-electron chi connectivity index (χ2n) is 4.47. The first-order valence-electron chi connectivity index (χ1n) is 6.21. The third-order valence-corrected chi connectivity index (χ3v) is 3.26. The number of hydrogen-bond donors (Lipinski definition) is 2. The molecule has 0 heterocycles. The van der Waals surface area contributed by atoms with E-state index in [0.717, 1.165) is 6.07 Å². The minimum atomic E-state index is -4.47. The third kappa shape index (κ3) is 3.89. The highest BCUT2D eigenvalue weighted by Gasteiger charge is 2.34. The third-order valence-electron chi connectivity index (χ3n) is 3.01. The Labute approximate surface area is 125 Å². The second-order valence-corrected chi connectivity index (χ2v) is 4.91. The second kappa shape index (κ2) is 6.37. The Hall–Kier alpha value is -1.72. The maximum Gasteiger partial charge on any atom is 0.416 e. The minimum absolute atomic E-state index is 0.00227. The van der Waals surface area contributed by atoms with Gasteiger partial charge in [-0.1, -0.05) is 29.8 Å². The predicted octanol–water partition coefficient (Wildman–Crippen LogP) is 4.50. The number of nitrogens with one attached hydrogen (secondary N) is 1. The van der Waals surface area contributed by atoms with Crippen LogP contribution in [0.15, 0.2) is 48.5 Å². The quantitative estimate of drug-likeness (QED) is 0.870. The van der Waals surface area contributed by atoms with Gasteiger partial charge in [-0.05, 0) is 35.9 Å². The molecule has 21 heavy (non-hydrogen) atoms. The summed E-state index contributed by atoms with van der Waals surface area (Å²) in [5.74, 6) is 0. The molecule has 0 fully saturated rings. The number of rotatable bonds is 4. The number of aliphatic hydroxyl groups is 1. The smallest absolute Gasteiger partial charge is 0.394 e. The topological polar surface area (TPSA) is 32.3 Å². The van der Waals surface area contributed by atoms with Crippen LogP contribution in [-0.4, -0.2) is 11.7 Å². The molecule has 0 spiro atoms. The van der Waals surface area contributed by atoms with Crippen LogP contribution in [0.1, 0.15) is 17.2 Å². The van der Waals surface area contributed by atoms with E-state index in [0.29, 0.717) is 10.7 Å². The van der Waals surface area contributed by atoms with Crippen molar-refractivity contribution in [2.45, 2.75) is 12.2 Å². The fourth-order valence-corrected chi connectivity index (χ4v) is 2.15. The Kier molecular flexibility index (Phi) is 4.75. The summed E-state index contributed by atoms with van der Waals surface area (Å²) in [6.45, 7) is -0.463. The summed E-state index contributed by atoms with van der Waals surface area (Å²) in [4.78, 5) is 0. The lowest BCUT2D eigenvalue weighted by Crippen LogP contribution is -2.20. The molecule has 112 valence electrons. The fourth-order valence-electron chi connectivity index (χ4n) is 2.03. The molecular weight excluding hydrogens is 303 g/mol. The summed E-state index contributed by atoms with van der Waals surface area (Å²) in [7, 11) is 0. The molecule has 6 heteroatoms. The molecule has 1 atom stereocenters. The highest BCUT2D eigenvalue weighted by atomic mass is 35.5. The van der Waals surface area contributed by atoms with Gasteiger partial charge in [-0.25, -0.2) is 0 Å². The summed E-state index contributed by atoms with van der Waals surface area (Å²) in [6, 6.07) is 10.8. The first-order valence-corrected chi connectivity index (χ1v) is 6.58. The van der Waals surface area contributed by atoms with Crippen molar-refractivity contribution < 1.29 is 18.3 Å². The van der Waals surface area contributed by atoms with Crippen molar-refractivity contribution in [1.29, 1.82) is 0 Å². The van der Waals surface area contributed by atoms with Gasteiger partial charge in [0.05, 0.1) is 18.2 Å². The van der Waals surface area contributed by atoms with Crippen LogP contribution >= 0.6 is 11.6 Å². The van der Waals surface area contributed by atoms with Crippen LogP contribution in [0.25, 0.3) is 0 Å². The molecule has 2 nitrogen and oxygen atoms in total. The van der Waals surface area contributed by atoms with Gasteiger partial charge in [-0.15, -0.1) is 0 Å². The zero-order chi connectivity index (χ0) is 15.5. The lowest BCUT2D eigenvalue weighted by Gasteiger charge is -2.22. The van der Waals surface area contributed by atoms with Crippen molar-refractivity contribution >= 4 is 17.3 Å². The lowest BCUT2D eigenvalue weighted by atomic mass is 10.00. The largest absolute Gasteiger partial charge is 0.416 e. The summed E-state index contributed by atoms with van der Waals surface area (Å²) in [6.07, 6.45) is -4.47. The highest BCUT2D eigenvalue weighted by molar-refractivity contribution is 6.30. The summed E-state index contributed by atoms with van der Waals surface area (Å²) in [5, 5.41) is 12.8. The highest BCUT2D eigenvalue weighted by Crippen LogP contribution is 2.35. The van der Waals surface area contributed by atoms with Gasteiger partial charge in [0.2, 0.25) is 0 Å². The number of aliphatic hydroxyl groups excluding tert-OH is 1. The van der Waals surface area contributed by atoms with Crippen molar-refractivity contribution in [2.24, 2.45) is 0 Å². The molecule has 1 unspecified atom stereocenters. The van der Waals surface area contributed by atoms with Gasteiger partial charge < -0.3 is 10.4 Å². The molecular formula is C15H13ClF3NO. The molecule has 2 aromatic rings. The van der Waals surface area contributed by atoms with Crippen LogP contribution in [0, 0.1) is 0 Å². The fraction of sp³-hybridized carbons (Fsp3) is 0.200. The summed E-state index contributed by atoms with van der Waals surface area (Å²) in [5.41, 5.74) is -0.177. The SMILES string of the molecule is OCC(Nc1ccc(Cl)cc1)c1ccccc1C(F)(F)F. The molecule has 0 amide bonds. The van der Waals surface area contributed by atoms with E-state index in [1.165, 1.54) is 18.2 Å². The van der Waals surface area contributed by atoms with Gasteiger partial charge in [0.1, 0.15) is 0 Å². The zero-order valence-electron chi connectivity index (χ0n) is 10.9. The molecule has 0 aliphatic rings. The number of hydrogen-bond acceptors (Lipinski definition) is 2. The van der Waals surface area contributed by atoms with Crippen LogP contribution in [0.4, 0.5) is 18.9 Å². The van der Waals surface area contributed by atoms with Crippen LogP contribution < -0.4 is 5.32 Å². The molecule has 0 radical (unpaired) electrons. The van der Waals surface area contributed by atoms with E-state index in [1.54, 1.807) is 24.3 Å². The zero-order valence-corrected chi connectivity index (χ0v) is 11.6. The molecule has 2 rings (SSSR count). The Morgan fingerprint density at radius 1 is 1.05 bits per heavy atom. The van der Waals surface area contributed by atoms with E-state index in [-0.39, 0.29) is 5.56 Å². The first-order chi connectivity index (χ1) is 9.91. The number of benzene rings is 2. The summed E-state index contributed by atoms with van der Waals surface area (Å²) >= 11 is 5.76. The van der Waals surface area contributed by atoms with Gasteiger partial charge in [-0.3, -0.25) is 0 Å². The number of halogens is 4. The molecule has 2 N–H and O–H groups in total. The average Bonchev–Trinajstić information content (AvgIpc) is 2.46. The first kappa shape index (κ1) is 15.7. The molecule has 0 saturated heterocycles. The van der Waals surface area contributed by atoms with Crippen molar-refractivity contribution in [3.63, 3.8) is 0 Å². The van der Waals surface area contributed by atoms with Crippen LogP contribution in [0.3, 0.4) is 0 Å². The van der Waals surface area contributed by atoms with Crippen LogP contribution in [0.2, 0.25) is 5.02 Å². The van der Waals surface area contributed by atoms with Gasteiger partial charge in [0.25, 0.3) is 0 Å². The van der Waals surface area contributed by atoms with Crippen molar-refractivity contribution in [3.05, 3.63) is 64.7 Å². The van der Waals surface area contributed by atoms with Gasteiger partial charge in [-0.2, -0.15) is 13.2 Å². The predicted molar refractivity (Wildman–Crippen MR) is 76.3 cm³/mol. The molecule has 2 aromatic carbocycles. The number of alkyl halides is 3. The Balaban J connectivity index is 2.32. The molecule has 0 saturated carbocycles. The van der Waals surface area contributed by atoms with Gasteiger partial charge >= 0.3 is 6.18 Å². The van der Waals surface area contributed by atoms with E-state index in [2.05, 4.69) is 5.32 Å². The molecule has 0 aromatic heterocycles. The van der Waals surface area contributed by atoms with E-state index >= 15 is 0 Å². The maximum atomic E-state index is 13.0. The van der Waals surface area contributed by atoms with E-state index in [1.807, 2.05) is 0 Å². The van der Waals surface area contributed by atoms with E-state index in [4.69, 9.17) is 11.6 Å². The molecule has 0 bridgehead atoms. The Morgan fingerprint density at radius 2 is 1.67 bits per heavy atom. The Bertz CT molecular complexity index is 599. The normalized spacial score (nSPS) is 13.0. The van der Waals surface area contributed by atoms with Crippen molar-refractivity contribution in [2.75, 3.05) is 11.9 Å². The Morgan fingerprint density at radius 3 is 2.24 bits per heavy atom. The van der Waals surface area contributed by atoms with Crippen molar-refractivity contribution in [1.82, 2.24) is 0 Å². The van der Waals surface area contributed by atoms with Gasteiger partial charge in [0, 0.05) is 10.7 Å². The molecule has 0 aliphatic heterocycles. The maximum absolute atomic E-state index is 13.0. The van der Waals surface area contributed by atoms with E-state index < -0.39 is 24.4 Å². The average molecular weight is 316 g/mol. The molecule has 0 aliphatic carbocycles. The number of anilines is 1. The van der Waals surface area contributed by atoms with Crippen molar-refractivity contribution in [3.8, 4) is 0 Å². The summed E-state index contributed by atoms with van der Waals surface area (Å²) < 4.78 is 39.0. The standard InChI is InChI=1S/C15H13ClF3NO/c16-10-5-7-11(8-6-10)20-14(9-21)12-3-1-2-4-13(12)15(17,18)19/h1-8,14,20-21H,9H2. The van der Waals surface area contributed by atoms with Gasteiger partial charge in [0.15, 0.2) is 0 Å². The van der Waals surface area contributed by atoms with Crippen LogP contribution in [0.5, 0.6) is 0 Å². The van der Waals surface area contributed by atoms with E-state index in [9.17, 15) is 18.3 Å². The lowest BCUT2D eigenvalue weighted by molar-refractivity contribution is -0.138. The minimum Gasteiger partial charge on any atom is -0.394 e. The van der Waals surface area contributed by atoms with Crippen LogP contribution in [-0.2, 0) is 6.18 Å². The monoisotopic (exact) mass is 315 g/mol.